The summed E-state index contributed by atoms with van der Waals surface area (Å²) in [6.07, 6.45) is 6.35. The molecule has 14 heavy (non-hydrogen) atoms. The number of hydrogen-bond acceptors (Lipinski definition) is 4. The van der Waals surface area contributed by atoms with Crippen LogP contribution in [-0.4, -0.2) is 22.9 Å². The van der Waals surface area contributed by atoms with Gasteiger partial charge in [0.25, 0.3) is 0 Å². The molecule has 1 fully saturated rings. The molecule has 2 heterocycles. The minimum Gasteiger partial charge on any atom is -0.378 e. The Morgan fingerprint density at radius 1 is 1.43 bits per heavy atom. The lowest BCUT2D eigenvalue weighted by Crippen LogP contribution is -2.19. The first-order valence-electron chi connectivity index (χ1n) is 4.94. The summed E-state index contributed by atoms with van der Waals surface area (Å²) in [6, 6.07) is 0. The molecule has 1 unspecified atom stereocenters. The highest BCUT2D eigenvalue weighted by Gasteiger charge is 2.14. The summed E-state index contributed by atoms with van der Waals surface area (Å²) in [6.45, 7) is 0.943. The molecule has 3 nitrogen and oxygen atoms in total. The molecule has 1 aliphatic heterocycles. The van der Waals surface area contributed by atoms with Crippen LogP contribution >= 0.6 is 33.9 Å². The largest absolute Gasteiger partial charge is 0.378 e. The van der Waals surface area contributed by atoms with Gasteiger partial charge in [-0.1, -0.05) is 11.3 Å². The van der Waals surface area contributed by atoms with Crippen LogP contribution in [0.3, 0.4) is 0 Å². The van der Waals surface area contributed by atoms with Crippen LogP contribution in [-0.2, 0) is 11.2 Å². The van der Waals surface area contributed by atoms with Crippen molar-refractivity contribution in [2.24, 2.45) is 0 Å². The molecule has 0 radical (unpaired) electrons. The Bertz CT molecular complexity index is 286. The fourth-order valence-corrected chi connectivity index (χ4v) is 3.10. The molecule has 1 saturated heterocycles. The van der Waals surface area contributed by atoms with E-state index in [1.807, 2.05) is 0 Å². The van der Waals surface area contributed by atoms with E-state index in [0.717, 1.165) is 27.5 Å². The van der Waals surface area contributed by atoms with Crippen LogP contribution in [0.5, 0.6) is 0 Å². The molecular formula is C9H13IN2OS. The molecule has 1 aromatic rings. The van der Waals surface area contributed by atoms with Gasteiger partial charge in [0.05, 0.1) is 6.10 Å². The zero-order chi connectivity index (χ0) is 9.80. The van der Waals surface area contributed by atoms with E-state index < -0.39 is 0 Å². The van der Waals surface area contributed by atoms with Crippen molar-refractivity contribution in [1.29, 1.82) is 0 Å². The third-order valence-corrected chi connectivity index (χ3v) is 4.04. The summed E-state index contributed by atoms with van der Waals surface area (Å²) in [5.74, 6) is 0. The molecule has 0 aliphatic carbocycles. The Kier molecular flexibility index (Phi) is 4.12. The van der Waals surface area contributed by atoms with Gasteiger partial charge in [-0.15, -0.1) is 10.2 Å². The third kappa shape index (κ3) is 3.13. The predicted molar refractivity (Wildman–Crippen MR) is 64.5 cm³/mol. The lowest BCUT2D eigenvalue weighted by molar-refractivity contribution is 0.0115. The molecule has 78 valence electrons. The summed E-state index contributed by atoms with van der Waals surface area (Å²) >= 11 is 3.89. The van der Waals surface area contributed by atoms with E-state index in [1.165, 1.54) is 19.3 Å². The van der Waals surface area contributed by atoms with E-state index >= 15 is 0 Å². The summed E-state index contributed by atoms with van der Waals surface area (Å²) in [5.41, 5.74) is 0. The molecule has 0 aromatic carbocycles. The van der Waals surface area contributed by atoms with Gasteiger partial charge >= 0.3 is 0 Å². The second-order valence-corrected chi connectivity index (χ2v) is 6.29. The van der Waals surface area contributed by atoms with E-state index in [0.29, 0.717) is 6.10 Å². The first-order valence-corrected chi connectivity index (χ1v) is 6.83. The van der Waals surface area contributed by atoms with E-state index in [9.17, 15) is 0 Å². The number of halogens is 1. The Morgan fingerprint density at radius 3 is 3.00 bits per heavy atom. The number of aromatic nitrogens is 2. The highest BCUT2D eigenvalue weighted by atomic mass is 127. The van der Waals surface area contributed by atoms with Gasteiger partial charge in [0.1, 0.15) is 5.01 Å². The van der Waals surface area contributed by atoms with E-state index in [2.05, 4.69) is 32.8 Å². The van der Waals surface area contributed by atoms with Crippen LogP contribution in [0.2, 0.25) is 0 Å². The summed E-state index contributed by atoms with van der Waals surface area (Å²) in [7, 11) is 0. The second-order valence-electron chi connectivity index (χ2n) is 3.48. The predicted octanol–water partition coefficient (Wildman–Crippen LogP) is 2.64. The van der Waals surface area contributed by atoms with Gasteiger partial charge in [-0.2, -0.15) is 0 Å². The minimum absolute atomic E-state index is 0.463. The maximum Gasteiger partial charge on any atom is 0.178 e. The molecule has 0 N–H and O–H groups in total. The van der Waals surface area contributed by atoms with E-state index in [-0.39, 0.29) is 0 Å². The monoisotopic (exact) mass is 324 g/mol. The fraction of sp³-hybridized carbons (Fsp3) is 0.778. The Morgan fingerprint density at radius 2 is 2.36 bits per heavy atom. The molecule has 1 aromatic heterocycles. The zero-order valence-electron chi connectivity index (χ0n) is 7.91. The van der Waals surface area contributed by atoms with Gasteiger partial charge in [0.2, 0.25) is 0 Å². The molecule has 0 spiro atoms. The lowest BCUT2D eigenvalue weighted by Gasteiger charge is -2.21. The third-order valence-electron chi connectivity index (χ3n) is 2.40. The summed E-state index contributed by atoms with van der Waals surface area (Å²) in [5, 5.41) is 9.24. The zero-order valence-corrected chi connectivity index (χ0v) is 10.9. The fourth-order valence-electron chi connectivity index (χ4n) is 1.65. The Labute approximate surface area is 101 Å². The lowest BCUT2D eigenvalue weighted by atomic mass is 10.1. The standard InChI is InChI=1S/C9H13IN2OS/c10-9-12-11-8(14-9)5-4-7-3-1-2-6-13-7/h7H,1-6H2. The quantitative estimate of drug-likeness (QED) is 0.802. The molecular weight excluding hydrogens is 311 g/mol. The normalized spacial score (nSPS) is 22.5. The van der Waals surface area contributed by atoms with E-state index in [4.69, 9.17) is 4.74 Å². The highest BCUT2D eigenvalue weighted by molar-refractivity contribution is 14.1. The second kappa shape index (κ2) is 5.37. The van der Waals surface area contributed by atoms with Crippen LogP contribution in [0.25, 0.3) is 0 Å². The van der Waals surface area contributed by atoms with Crippen molar-refractivity contribution >= 4 is 33.9 Å². The van der Waals surface area contributed by atoms with Crippen LogP contribution in [0.1, 0.15) is 30.7 Å². The highest BCUT2D eigenvalue weighted by Crippen LogP contribution is 2.19. The van der Waals surface area contributed by atoms with Crippen molar-refractivity contribution in [1.82, 2.24) is 10.2 Å². The van der Waals surface area contributed by atoms with Crippen molar-refractivity contribution < 1.29 is 4.74 Å². The topological polar surface area (TPSA) is 35.0 Å². The summed E-state index contributed by atoms with van der Waals surface area (Å²) in [4.78, 5) is 0. The van der Waals surface area contributed by atoms with Gasteiger partial charge in [-0.25, -0.2) is 0 Å². The van der Waals surface area contributed by atoms with Crippen molar-refractivity contribution in [2.75, 3.05) is 6.61 Å². The molecule has 0 bridgehead atoms. The molecule has 0 amide bonds. The van der Waals surface area contributed by atoms with Gasteiger partial charge in [0.15, 0.2) is 3.01 Å². The molecule has 1 atom stereocenters. The molecule has 0 saturated carbocycles. The average Bonchev–Trinajstić information content (AvgIpc) is 2.63. The smallest absolute Gasteiger partial charge is 0.178 e. The van der Waals surface area contributed by atoms with Gasteiger partial charge in [-0.3, -0.25) is 0 Å². The minimum atomic E-state index is 0.463. The number of hydrogen-bond donors (Lipinski definition) is 0. The van der Waals surface area contributed by atoms with Gasteiger partial charge < -0.3 is 4.74 Å². The molecule has 5 heteroatoms. The maximum atomic E-state index is 5.66. The first kappa shape index (κ1) is 10.8. The van der Waals surface area contributed by atoms with Crippen molar-refractivity contribution in [2.45, 2.75) is 38.2 Å². The van der Waals surface area contributed by atoms with Gasteiger partial charge in [-0.05, 0) is 48.3 Å². The van der Waals surface area contributed by atoms with Gasteiger partial charge in [0, 0.05) is 13.0 Å². The van der Waals surface area contributed by atoms with Crippen LogP contribution < -0.4 is 0 Å². The van der Waals surface area contributed by atoms with Crippen LogP contribution in [0, 0.1) is 3.01 Å². The molecule has 1 aliphatic rings. The van der Waals surface area contributed by atoms with Crippen molar-refractivity contribution in [3.63, 3.8) is 0 Å². The van der Waals surface area contributed by atoms with Crippen LogP contribution in [0.15, 0.2) is 0 Å². The Hall–Kier alpha value is 0.250. The summed E-state index contributed by atoms with van der Waals surface area (Å²) < 4.78 is 6.69. The number of rotatable bonds is 3. The first-order chi connectivity index (χ1) is 6.84. The average molecular weight is 324 g/mol. The molecule has 2 rings (SSSR count). The number of aryl methyl sites for hydroxylation is 1. The maximum absolute atomic E-state index is 5.66. The SMILES string of the molecule is Ic1nnc(CCC2CCCCO2)s1. The van der Waals surface area contributed by atoms with Crippen LogP contribution in [0.4, 0.5) is 0 Å². The Balaban J connectivity index is 1.76. The van der Waals surface area contributed by atoms with Crippen molar-refractivity contribution in [3.8, 4) is 0 Å². The van der Waals surface area contributed by atoms with E-state index in [1.54, 1.807) is 11.3 Å². The number of ether oxygens (including phenoxy) is 1. The van der Waals surface area contributed by atoms with Crippen molar-refractivity contribution in [3.05, 3.63) is 8.02 Å². The number of nitrogens with zero attached hydrogens (tertiary/aromatic N) is 2.